The molecule has 0 saturated heterocycles. The van der Waals surface area contributed by atoms with E-state index in [0.717, 1.165) is 44.9 Å². The van der Waals surface area contributed by atoms with Gasteiger partial charge < -0.3 is 20.3 Å². The van der Waals surface area contributed by atoms with Crippen LogP contribution >= 0.6 is 0 Å². The van der Waals surface area contributed by atoms with Crippen molar-refractivity contribution in [3.05, 3.63) is 36.5 Å². The number of allylic oxidation sites excluding steroid dienone is 5. The summed E-state index contributed by atoms with van der Waals surface area (Å²) in [6, 6.07) is -0.629. The molecule has 3 N–H and O–H groups in total. The first kappa shape index (κ1) is 80.1. The van der Waals surface area contributed by atoms with Gasteiger partial charge in [-0.05, 0) is 64.2 Å². The molecule has 1 amide bonds. The van der Waals surface area contributed by atoms with Gasteiger partial charge >= 0.3 is 5.97 Å². The number of hydrogen-bond donors (Lipinski definition) is 3. The molecule has 0 heterocycles. The molecule has 0 aliphatic carbocycles. The average Bonchev–Trinajstić information content (AvgIpc) is 3.48. The molecule has 0 rings (SSSR count). The Morgan fingerprint density at radius 2 is 0.610 bits per heavy atom. The van der Waals surface area contributed by atoms with Gasteiger partial charge in [-0.15, -0.1) is 0 Å². The minimum absolute atomic E-state index is 0.0150. The molecule has 2 atom stereocenters. The minimum Gasteiger partial charge on any atom is -0.466 e. The van der Waals surface area contributed by atoms with E-state index in [-0.39, 0.29) is 18.5 Å². The van der Waals surface area contributed by atoms with Gasteiger partial charge in [0.1, 0.15) is 0 Å². The first-order valence-electron chi connectivity index (χ1n) is 37.3. The molecular weight excluding hydrogens is 1010 g/mol. The number of ether oxygens (including phenoxy) is 1. The highest BCUT2D eigenvalue weighted by molar-refractivity contribution is 5.76. The fourth-order valence-corrected chi connectivity index (χ4v) is 11.7. The van der Waals surface area contributed by atoms with E-state index in [1.807, 2.05) is 6.08 Å². The Kier molecular flexibility index (Phi) is 69.9. The van der Waals surface area contributed by atoms with Crippen LogP contribution in [0.5, 0.6) is 0 Å². The van der Waals surface area contributed by atoms with Crippen LogP contribution in [0.3, 0.4) is 0 Å². The van der Waals surface area contributed by atoms with E-state index in [2.05, 4.69) is 43.5 Å². The number of amides is 1. The number of nitrogens with one attached hydrogen (secondary N) is 1. The summed E-state index contributed by atoms with van der Waals surface area (Å²) in [6.07, 6.45) is 92.4. The Bertz CT molecular complexity index is 1330. The van der Waals surface area contributed by atoms with Crippen molar-refractivity contribution in [1.82, 2.24) is 5.32 Å². The van der Waals surface area contributed by atoms with Crippen LogP contribution in [0.4, 0.5) is 0 Å². The highest BCUT2D eigenvalue weighted by Crippen LogP contribution is 2.19. The van der Waals surface area contributed by atoms with Crippen molar-refractivity contribution >= 4 is 11.9 Å². The van der Waals surface area contributed by atoms with Crippen molar-refractivity contribution < 1.29 is 24.5 Å². The largest absolute Gasteiger partial charge is 0.466 e. The molecule has 0 aliphatic rings. The topological polar surface area (TPSA) is 95.9 Å². The molecule has 82 heavy (non-hydrogen) atoms. The lowest BCUT2D eigenvalue weighted by Gasteiger charge is -2.20. The number of unbranched alkanes of at least 4 members (excludes halogenated alkanes) is 55. The lowest BCUT2D eigenvalue weighted by molar-refractivity contribution is -0.143. The Hall–Kier alpha value is -1.92. The Morgan fingerprint density at radius 3 is 0.927 bits per heavy atom. The second kappa shape index (κ2) is 71.6. The van der Waals surface area contributed by atoms with Crippen molar-refractivity contribution in [2.24, 2.45) is 0 Å². The number of rotatable bonds is 70. The third-order valence-electron chi connectivity index (χ3n) is 17.4. The number of carbonyl (C=O) groups is 2. The monoisotopic (exact) mass is 1150 g/mol. The van der Waals surface area contributed by atoms with Crippen molar-refractivity contribution in [3.63, 3.8) is 0 Å². The summed E-state index contributed by atoms with van der Waals surface area (Å²) in [6.45, 7) is 4.94. The summed E-state index contributed by atoms with van der Waals surface area (Å²) >= 11 is 0. The predicted octanol–water partition coefficient (Wildman–Crippen LogP) is 24.3. The molecule has 0 bridgehead atoms. The smallest absolute Gasteiger partial charge is 0.305 e. The van der Waals surface area contributed by atoms with Crippen LogP contribution < -0.4 is 5.32 Å². The van der Waals surface area contributed by atoms with E-state index < -0.39 is 12.1 Å². The van der Waals surface area contributed by atoms with Crippen LogP contribution in [-0.4, -0.2) is 47.4 Å². The summed E-state index contributed by atoms with van der Waals surface area (Å²) in [5.41, 5.74) is 0. The van der Waals surface area contributed by atoms with Crippen LogP contribution in [0.25, 0.3) is 0 Å². The van der Waals surface area contributed by atoms with Gasteiger partial charge in [0.2, 0.25) is 5.91 Å². The summed E-state index contributed by atoms with van der Waals surface area (Å²) in [5.74, 6) is -0.0484. The first-order chi connectivity index (χ1) is 40.5. The van der Waals surface area contributed by atoms with Crippen molar-refractivity contribution in [2.45, 2.75) is 424 Å². The SMILES string of the molecule is CCCCCCCCCCCCCCCCCCCCC/C=C/C(O)C(CO)NC(=O)CCCCCCCCCCCCCCCCC/C=C\C/C=C\CCCCCCCCCCCOC(=O)CCCCCCCCCCCCCCC. The zero-order chi connectivity index (χ0) is 59.2. The molecule has 0 aromatic carbocycles. The van der Waals surface area contributed by atoms with E-state index >= 15 is 0 Å². The molecule has 0 aromatic rings. The number of carbonyl (C=O) groups excluding carboxylic acids is 2. The Labute approximate surface area is 513 Å². The molecule has 0 fully saturated rings. The van der Waals surface area contributed by atoms with Crippen molar-refractivity contribution in [3.8, 4) is 0 Å². The Balaban J connectivity index is 3.41. The zero-order valence-corrected chi connectivity index (χ0v) is 55.5. The lowest BCUT2D eigenvalue weighted by atomic mass is 10.0. The van der Waals surface area contributed by atoms with Gasteiger partial charge in [0.05, 0.1) is 25.4 Å². The van der Waals surface area contributed by atoms with E-state index in [1.54, 1.807) is 6.08 Å². The zero-order valence-electron chi connectivity index (χ0n) is 55.5. The van der Waals surface area contributed by atoms with E-state index in [0.29, 0.717) is 19.4 Å². The van der Waals surface area contributed by atoms with Crippen molar-refractivity contribution in [2.75, 3.05) is 13.2 Å². The van der Waals surface area contributed by atoms with Gasteiger partial charge in [-0.3, -0.25) is 9.59 Å². The summed E-state index contributed by atoms with van der Waals surface area (Å²) in [5, 5.41) is 23.3. The minimum atomic E-state index is -0.845. The van der Waals surface area contributed by atoms with Crippen molar-refractivity contribution in [1.29, 1.82) is 0 Å². The third-order valence-corrected chi connectivity index (χ3v) is 17.4. The molecule has 484 valence electrons. The highest BCUT2D eigenvalue weighted by atomic mass is 16.5. The maximum Gasteiger partial charge on any atom is 0.305 e. The second-order valence-corrected chi connectivity index (χ2v) is 25.6. The number of esters is 1. The molecule has 0 radical (unpaired) electrons. The molecular formula is C76H145NO5. The third kappa shape index (κ3) is 67.2. The molecule has 6 nitrogen and oxygen atoms in total. The molecule has 0 aliphatic heterocycles. The van der Waals surface area contributed by atoms with Crippen LogP contribution in [0.15, 0.2) is 36.5 Å². The maximum absolute atomic E-state index is 12.5. The normalized spacial score (nSPS) is 12.7. The van der Waals surface area contributed by atoms with E-state index in [4.69, 9.17) is 4.74 Å². The molecule has 0 aromatic heterocycles. The van der Waals surface area contributed by atoms with Gasteiger partial charge in [-0.25, -0.2) is 0 Å². The standard InChI is InChI=1S/C76H145NO5/c1-3-5-7-9-11-13-15-17-18-19-20-32-35-38-41-45-48-52-56-60-64-68-74(79)73(72-78)77-75(80)69-65-61-57-53-49-46-42-39-36-33-30-28-26-24-22-21-23-25-27-29-31-34-37-40-43-47-51-55-59-63-67-71-82-76(81)70-66-62-58-54-50-44-16-14-12-10-8-6-4-2/h23,25,29,31,64,68,73-74,78-79H,3-22,24,26-28,30,32-63,65-67,69-72H2,1-2H3,(H,77,80)/b25-23-,31-29-,68-64+. The van der Waals surface area contributed by atoms with Gasteiger partial charge in [-0.1, -0.05) is 371 Å². The maximum atomic E-state index is 12.5. The van der Waals surface area contributed by atoms with E-state index in [1.165, 1.54) is 340 Å². The lowest BCUT2D eigenvalue weighted by Crippen LogP contribution is -2.45. The summed E-state index contributed by atoms with van der Waals surface area (Å²) in [7, 11) is 0. The molecule has 6 heteroatoms. The quantitative estimate of drug-likeness (QED) is 0.0320. The Morgan fingerprint density at radius 1 is 0.341 bits per heavy atom. The number of hydrogen-bond acceptors (Lipinski definition) is 5. The molecule has 2 unspecified atom stereocenters. The average molecular weight is 1150 g/mol. The number of aliphatic hydroxyl groups is 2. The van der Waals surface area contributed by atoms with Crippen LogP contribution in [0, 0.1) is 0 Å². The first-order valence-corrected chi connectivity index (χ1v) is 37.3. The second-order valence-electron chi connectivity index (χ2n) is 25.6. The van der Waals surface area contributed by atoms with Gasteiger partial charge in [0.25, 0.3) is 0 Å². The van der Waals surface area contributed by atoms with E-state index in [9.17, 15) is 19.8 Å². The fraction of sp³-hybridized carbons (Fsp3) is 0.895. The van der Waals surface area contributed by atoms with Crippen LogP contribution in [0.2, 0.25) is 0 Å². The molecule has 0 spiro atoms. The summed E-state index contributed by atoms with van der Waals surface area (Å²) in [4.78, 5) is 24.6. The predicted molar refractivity (Wildman–Crippen MR) is 361 cm³/mol. The van der Waals surface area contributed by atoms with Gasteiger partial charge in [0, 0.05) is 12.8 Å². The van der Waals surface area contributed by atoms with Gasteiger partial charge in [-0.2, -0.15) is 0 Å². The van der Waals surface area contributed by atoms with Gasteiger partial charge in [0.15, 0.2) is 0 Å². The highest BCUT2D eigenvalue weighted by Gasteiger charge is 2.18. The number of aliphatic hydroxyl groups excluding tert-OH is 2. The van der Waals surface area contributed by atoms with Crippen LogP contribution in [0.1, 0.15) is 412 Å². The molecule has 0 saturated carbocycles. The van der Waals surface area contributed by atoms with Crippen LogP contribution in [-0.2, 0) is 14.3 Å². The summed E-state index contributed by atoms with van der Waals surface area (Å²) < 4.78 is 5.49. The fourth-order valence-electron chi connectivity index (χ4n) is 11.7.